The lowest BCUT2D eigenvalue weighted by atomic mass is 9.97. The number of nitrogens with one attached hydrogen (secondary N) is 2. The molecule has 144 valence electrons. The fraction of sp³-hybridized carbons (Fsp3) is 0.500. The number of likely N-dealkylation sites (tertiary alicyclic amines) is 1. The number of hydrogen-bond acceptors (Lipinski definition) is 4. The van der Waals surface area contributed by atoms with E-state index in [4.69, 9.17) is 4.74 Å². The number of methoxy groups -OCH3 is 1. The molecule has 8 heteroatoms. The average Bonchev–Trinajstić information content (AvgIpc) is 2.67. The van der Waals surface area contributed by atoms with Crippen LogP contribution in [0.25, 0.3) is 0 Å². The van der Waals surface area contributed by atoms with Crippen LogP contribution in [0.15, 0.2) is 35.3 Å². The molecule has 0 aliphatic carbocycles. The molecular formula is C18H27IN4O3. The number of rotatable bonds is 5. The van der Waals surface area contributed by atoms with Crippen LogP contribution in [-0.4, -0.2) is 56.5 Å². The van der Waals surface area contributed by atoms with Crippen LogP contribution in [0.1, 0.15) is 18.4 Å². The summed E-state index contributed by atoms with van der Waals surface area (Å²) in [5.41, 5.74) is 1.06. The predicted octanol–water partition coefficient (Wildman–Crippen LogP) is 1.38. The van der Waals surface area contributed by atoms with Crippen molar-refractivity contribution < 1.29 is 14.3 Å². The summed E-state index contributed by atoms with van der Waals surface area (Å²) in [6.45, 7) is 2.09. The third-order valence-corrected chi connectivity index (χ3v) is 4.28. The van der Waals surface area contributed by atoms with Crippen LogP contribution in [0.4, 0.5) is 0 Å². The van der Waals surface area contributed by atoms with Gasteiger partial charge >= 0.3 is 5.97 Å². The quantitative estimate of drug-likeness (QED) is 0.292. The molecular weight excluding hydrogens is 447 g/mol. The number of carbonyl (C=O) groups excluding carboxylic acids is 2. The van der Waals surface area contributed by atoms with E-state index in [0.717, 1.165) is 18.4 Å². The normalized spacial score (nSPS) is 15.0. The molecule has 0 saturated carbocycles. The second kappa shape index (κ2) is 11.7. The zero-order chi connectivity index (χ0) is 18.1. The topological polar surface area (TPSA) is 83.0 Å². The monoisotopic (exact) mass is 474 g/mol. The van der Waals surface area contributed by atoms with Crippen molar-refractivity contribution in [1.29, 1.82) is 0 Å². The summed E-state index contributed by atoms with van der Waals surface area (Å²) in [5.74, 6) is 0.393. The van der Waals surface area contributed by atoms with Crippen molar-refractivity contribution >= 4 is 41.8 Å². The van der Waals surface area contributed by atoms with Crippen LogP contribution < -0.4 is 10.6 Å². The second-order valence-corrected chi connectivity index (χ2v) is 5.95. The summed E-state index contributed by atoms with van der Waals surface area (Å²) in [6, 6.07) is 9.77. The van der Waals surface area contributed by atoms with E-state index in [9.17, 15) is 9.59 Å². The van der Waals surface area contributed by atoms with Crippen molar-refractivity contribution in [3.63, 3.8) is 0 Å². The molecule has 1 aromatic rings. The van der Waals surface area contributed by atoms with Crippen LogP contribution in [0.2, 0.25) is 0 Å². The summed E-state index contributed by atoms with van der Waals surface area (Å²) in [7, 11) is 3.11. The highest BCUT2D eigenvalue weighted by Crippen LogP contribution is 2.18. The van der Waals surface area contributed by atoms with E-state index in [1.54, 1.807) is 7.05 Å². The van der Waals surface area contributed by atoms with E-state index in [-0.39, 0.29) is 48.3 Å². The molecule has 0 bridgehead atoms. The highest BCUT2D eigenvalue weighted by atomic mass is 127. The predicted molar refractivity (Wildman–Crippen MR) is 111 cm³/mol. The molecule has 1 aliphatic rings. The van der Waals surface area contributed by atoms with E-state index in [1.165, 1.54) is 7.11 Å². The Kier molecular flexibility index (Phi) is 10.0. The van der Waals surface area contributed by atoms with E-state index in [0.29, 0.717) is 25.6 Å². The first kappa shape index (κ1) is 22.2. The van der Waals surface area contributed by atoms with Crippen molar-refractivity contribution in [3.8, 4) is 0 Å². The number of benzene rings is 1. The van der Waals surface area contributed by atoms with Gasteiger partial charge in [-0.25, -0.2) is 0 Å². The van der Waals surface area contributed by atoms with E-state index < -0.39 is 0 Å². The van der Waals surface area contributed by atoms with Gasteiger partial charge in [-0.1, -0.05) is 30.3 Å². The van der Waals surface area contributed by atoms with Gasteiger partial charge in [0, 0.05) is 26.7 Å². The summed E-state index contributed by atoms with van der Waals surface area (Å²) in [6.07, 6.45) is 1.46. The molecule has 7 nitrogen and oxygen atoms in total. The van der Waals surface area contributed by atoms with Gasteiger partial charge in [0.15, 0.2) is 5.96 Å². The number of aliphatic imine (C=N–C) groups is 1. The van der Waals surface area contributed by atoms with Crippen LogP contribution in [0.5, 0.6) is 0 Å². The molecule has 1 amide bonds. The number of nitrogens with zero attached hydrogens (tertiary/aromatic N) is 2. The number of ether oxygens (including phenoxy) is 1. The molecule has 0 radical (unpaired) electrons. The highest BCUT2D eigenvalue weighted by Gasteiger charge is 2.27. The molecule has 26 heavy (non-hydrogen) atoms. The Labute approximate surface area is 171 Å². The molecule has 1 aromatic carbocycles. The number of halogens is 1. The van der Waals surface area contributed by atoms with Crippen LogP contribution >= 0.6 is 24.0 Å². The number of piperidine rings is 1. The van der Waals surface area contributed by atoms with Gasteiger partial charge in [0.25, 0.3) is 0 Å². The summed E-state index contributed by atoms with van der Waals surface area (Å²) in [5, 5.41) is 5.96. The Morgan fingerprint density at radius 2 is 1.85 bits per heavy atom. The van der Waals surface area contributed by atoms with Crippen molar-refractivity contribution in [2.75, 3.05) is 33.8 Å². The molecule has 1 saturated heterocycles. The zero-order valence-electron chi connectivity index (χ0n) is 15.2. The van der Waals surface area contributed by atoms with Gasteiger partial charge in [-0.3, -0.25) is 14.6 Å². The van der Waals surface area contributed by atoms with Crippen molar-refractivity contribution in [3.05, 3.63) is 35.9 Å². The summed E-state index contributed by atoms with van der Waals surface area (Å²) in [4.78, 5) is 29.9. The minimum absolute atomic E-state index is 0. The number of guanidine groups is 1. The number of esters is 1. The molecule has 2 rings (SSSR count). The van der Waals surface area contributed by atoms with Gasteiger partial charge in [0.1, 0.15) is 0 Å². The van der Waals surface area contributed by atoms with Gasteiger partial charge < -0.3 is 20.3 Å². The molecule has 0 unspecified atom stereocenters. The van der Waals surface area contributed by atoms with Gasteiger partial charge in [-0.05, 0) is 18.4 Å². The maximum Gasteiger partial charge on any atom is 0.308 e. The zero-order valence-corrected chi connectivity index (χ0v) is 17.6. The van der Waals surface area contributed by atoms with Crippen molar-refractivity contribution in [2.45, 2.75) is 19.4 Å². The third kappa shape index (κ3) is 6.81. The maximum atomic E-state index is 12.0. The van der Waals surface area contributed by atoms with Gasteiger partial charge in [0.05, 0.1) is 19.6 Å². The van der Waals surface area contributed by atoms with Crippen LogP contribution in [0.3, 0.4) is 0 Å². The molecule has 0 spiro atoms. The first-order valence-corrected chi connectivity index (χ1v) is 8.48. The smallest absolute Gasteiger partial charge is 0.308 e. The lowest BCUT2D eigenvalue weighted by Gasteiger charge is -2.33. The number of amides is 1. The minimum atomic E-state index is -0.150. The van der Waals surface area contributed by atoms with Crippen LogP contribution in [-0.2, 0) is 20.9 Å². The minimum Gasteiger partial charge on any atom is -0.469 e. The van der Waals surface area contributed by atoms with E-state index in [2.05, 4.69) is 20.5 Å². The Morgan fingerprint density at radius 3 is 2.42 bits per heavy atom. The molecule has 0 atom stereocenters. The van der Waals surface area contributed by atoms with Gasteiger partial charge in [-0.15, -0.1) is 24.0 Å². The maximum absolute atomic E-state index is 12.0. The molecule has 1 heterocycles. The Balaban J connectivity index is 0.00000338. The third-order valence-electron chi connectivity index (χ3n) is 4.28. The first-order valence-electron chi connectivity index (χ1n) is 8.48. The van der Waals surface area contributed by atoms with E-state index in [1.807, 2.05) is 30.3 Å². The Morgan fingerprint density at radius 1 is 1.19 bits per heavy atom. The molecule has 1 fully saturated rings. The molecule has 1 aliphatic heterocycles. The SMILES string of the molecule is CN=C(NCC(=O)NCc1ccccc1)N1CCC(C(=O)OC)CC1.I. The number of carbonyl (C=O) groups is 2. The largest absolute Gasteiger partial charge is 0.469 e. The average molecular weight is 474 g/mol. The van der Waals surface area contributed by atoms with E-state index >= 15 is 0 Å². The Bertz CT molecular complexity index is 602. The molecule has 0 aromatic heterocycles. The highest BCUT2D eigenvalue weighted by molar-refractivity contribution is 14.0. The lowest BCUT2D eigenvalue weighted by molar-refractivity contribution is -0.146. The van der Waals surface area contributed by atoms with Crippen LogP contribution in [0, 0.1) is 5.92 Å². The second-order valence-electron chi connectivity index (χ2n) is 5.95. The number of hydrogen-bond donors (Lipinski definition) is 2. The van der Waals surface area contributed by atoms with Crippen molar-refractivity contribution in [2.24, 2.45) is 10.9 Å². The summed E-state index contributed by atoms with van der Waals surface area (Å²) < 4.78 is 4.80. The standard InChI is InChI=1S/C18H26N4O3.HI/c1-19-18(22-10-8-15(9-11-22)17(24)25-2)21-13-16(23)20-12-14-6-4-3-5-7-14;/h3-7,15H,8-13H2,1-2H3,(H,19,21)(H,20,23);1H. The van der Waals surface area contributed by atoms with Gasteiger partial charge in [0.2, 0.25) is 5.91 Å². The lowest BCUT2D eigenvalue weighted by Crippen LogP contribution is -2.49. The first-order chi connectivity index (χ1) is 12.1. The fourth-order valence-corrected chi connectivity index (χ4v) is 2.84. The Hall–Kier alpha value is -1.84. The van der Waals surface area contributed by atoms with Crippen molar-refractivity contribution in [1.82, 2.24) is 15.5 Å². The molecule has 2 N–H and O–H groups in total. The van der Waals surface area contributed by atoms with Gasteiger partial charge in [-0.2, -0.15) is 0 Å². The summed E-state index contributed by atoms with van der Waals surface area (Å²) >= 11 is 0. The fourth-order valence-electron chi connectivity index (χ4n) is 2.84.